The van der Waals surface area contributed by atoms with Crippen LogP contribution in [0.15, 0.2) is 17.2 Å². The van der Waals surface area contributed by atoms with Crippen LogP contribution in [0.5, 0.6) is 0 Å². The van der Waals surface area contributed by atoms with Gasteiger partial charge in [0.2, 0.25) is 0 Å². The van der Waals surface area contributed by atoms with Crippen molar-refractivity contribution in [1.82, 2.24) is 19.6 Å². The van der Waals surface area contributed by atoms with Gasteiger partial charge < -0.3 is 4.90 Å². The minimum Gasteiger partial charge on any atom is -0.356 e. The Morgan fingerprint density at radius 3 is 3.16 bits per heavy atom. The highest BCUT2D eigenvalue weighted by Crippen LogP contribution is 2.22. The molecule has 1 saturated heterocycles. The van der Waals surface area contributed by atoms with Crippen LogP contribution in [-0.2, 0) is 4.79 Å². The molecule has 0 saturated carbocycles. The molecule has 1 N–H and O–H groups in total. The van der Waals surface area contributed by atoms with Crippen LogP contribution in [0.25, 0.3) is 5.65 Å². The minimum atomic E-state index is -0.297. The number of hydrogen-bond acceptors (Lipinski definition) is 5. The SMILES string of the molecule is CC(=O)C1CCCN(c2cc3n[nH]c(=O)n3cn2)C1. The third-order valence-corrected chi connectivity index (χ3v) is 3.62. The van der Waals surface area contributed by atoms with E-state index in [1.165, 1.54) is 10.7 Å². The minimum absolute atomic E-state index is 0.0770. The predicted octanol–water partition coefficient (Wildman–Crippen LogP) is 0.223. The number of nitrogens with one attached hydrogen (secondary N) is 1. The molecule has 2 aromatic heterocycles. The smallest absolute Gasteiger partial charge is 0.348 e. The molecular formula is C12H15N5O2. The topological polar surface area (TPSA) is 83.4 Å². The molecule has 19 heavy (non-hydrogen) atoms. The van der Waals surface area contributed by atoms with Gasteiger partial charge in [0.25, 0.3) is 0 Å². The summed E-state index contributed by atoms with van der Waals surface area (Å²) in [5.74, 6) is 1.06. The fourth-order valence-electron chi connectivity index (χ4n) is 2.49. The maximum absolute atomic E-state index is 11.5. The highest BCUT2D eigenvalue weighted by Gasteiger charge is 2.24. The van der Waals surface area contributed by atoms with Crippen LogP contribution in [0.1, 0.15) is 19.8 Å². The highest BCUT2D eigenvalue weighted by atomic mass is 16.1. The van der Waals surface area contributed by atoms with Gasteiger partial charge >= 0.3 is 5.69 Å². The van der Waals surface area contributed by atoms with Crippen molar-refractivity contribution in [2.45, 2.75) is 19.8 Å². The number of carbonyl (C=O) groups excluding carboxylic acids is 1. The van der Waals surface area contributed by atoms with Crippen LogP contribution in [0.4, 0.5) is 5.82 Å². The first kappa shape index (κ1) is 11.9. The van der Waals surface area contributed by atoms with E-state index in [-0.39, 0.29) is 17.4 Å². The molecule has 0 aromatic carbocycles. The molecule has 3 rings (SSSR count). The number of nitrogens with zero attached hydrogens (tertiary/aromatic N) is 4. The normalized spacial score (nSPS) is 19.8. The molecule has 0 spiro atoms. The third kappa shape index (κ3) is 2.11. The molecule has 0 bridgehead atoms. The van der Waals surface area contributed by atoms with E-state index in [4.69, 9.17) is 0 Å². The van der Waals surface area contributed by atoms with E-state index in [2.05, 4.69) is 20.1 Å². The first-order valence-corrected chi connectivity index (χ1v) is 6.33. The maximum Gasteiger partial charge on any atom is 0.348 e. The van der Waals surface area contributed by atoms with Crippen molar-refractivity contribution >= 4 is 17.2 Å². The molecule has 1 atom stereocenters. The molecule has 0 radical (unpaired) electrons. The summed E-state index contributed by atoms with van der Waals surface area (Å²) in [6.07, 6.45) is 3.38. The van der Waals surface area contributed by atoms with Crippen LogP contribution >= 0.6 is 0 Å². The molecule has 1 fully saturated rings. The van der Waals surface area contributed by atoms with E-state index < -0.39 is 0 Å². The zero-order valence-corrected chi connectivity index (χ0v) is 10.7. The van der Waals surface area contributed by atoms with Crippen LogP contribution in [0, 0.1) is 5.92 Å². The van der Waals surface area contributed by atoms with Gasteiger partial charge in [0.1, 0.15) is 17.9 Å². The fourth-order valence-corrected chi connectivity index (χ4v) is 2.49. The molecule has 2 aromatic rings. The van der Waals surface area contributed by atoms with Gasteiger partial charge in [-0.15, -0.1) is 0 Å². The van der Waals surface area contributed by atoms with Crippen molar-refractivity contribution in [3.05, 3.63) is 22.9 Å². The lowest BCUT2D eigenvalue weighted by Crippen LogP contribution is -2.38. The van der Waals surface area contributed by atoms with Gasteiger partial charge in [-0.2, -0.15) is 5.10 Å². The number of carbonyl (C=O) groups is 1. The largest absolute Gasteiger partial charge is 0.356 e. The summed E-state index contributed by atoms with van der Waals surface area (Å²) in [7, 11) is 0. The summed E-state index contributed by atoms with van der Waals surface area (Å²) in [6, 6.07) is 1.76. The van der Waals surface area contributed by atoms with Crippen molar-refractivity contribution in [1.29, 1.82) is 0 Å². The van der Waals surface area contributed by atoms with E-state index in [0.717, 1.165) is 25.2 Å². The quantitative estimate of drug-likeness (QED) is 0.836. The number of aromatic nitrogens is 4. The summed E-state index contributed by atoms with van der Waals surface area (Å²) in [5.41, 5.74) is 0.245. The zero-order chi connectivity index (χ0) is 13.4. The third-order valence-electron chi connectivity index (χ3n) is 3.62. The van der Waals surface area contributed by atoms with Crippen molar-refractivity contribution < 1.29 is 4.79 Å². The second kappa shape index (κ2) is 4.49. The molecule has 1 unspecified atom stereocenters. The van der Waals surface area contributed by atoms with E-state index in [9.17, 15) is 9.59 Å². The molecule has 1 aliphatic rings. The van der Waals surface area contributed by atoms with Crippen molar-refractivity contribution in [2.75, 3.05) is 18.0 Å². The van der Waals surface area contributed by atoms with Gasteiger partial charge in [-0.05, 0) is 19.8 Å². The van der Waals surface area contributed by atoms with Crippen molar-refractivity contribution in [2.24, 2.45) is 5.92 Å². The molecule has 100 valence electrons. The number of rotatable bonds is 2. The number of anilines is 1. The lowest BCUT2D eigenvalue weighted by molar-refractivity contribution is -0.120. The Morgan fingerprint density at radius 1 is 1.53 bits per heavy atom. The Kier molecular flexibility index (Phi) is 2.81. The Morgan fingerprint density at radius 2 is 2.37 bits per heavy atom. The summed E-state index contributed by atoms with van der Waals surface area (Å²) >= 11 is 0. The molecule has 0 aliphatic carbocycles. The predicted molar refractivity (Wildman–Crippen MR) is 69.2 cm³/mol. The van der Waals surface area contributed by atoms with Gasteiger partial charge in [0.15, 0.2) is 5.65 Å². The Balaban J connectivity index is 1.91. The van der Waals surface area contributed by atoms with Crippen LogP contribution in [0.2, 0.25) is 0 Å². The van der Waals surface area contributed by atoms with E-state index in [1.54, 1.807) is 13.0 Å². The van der Waals surface area contributed by atoms with Crippen molar-refractivity contribution in [3.8, 4) is 0 Å². The van der Waals surface area contributed by atoms with E-state index in [0.29, 0.717) is 12.2 Å². The van der Waals surface area contributed by atoms with Gasteiger partial charge in [0, 0.05) is 25.1 Å². The average molecular weight is 261 g/mol. The summed E-state index contributed by atoms with van der Waals surface area (Å²) in [5, 5.41) is 6.30. The van der Waals surface area contributed by atoms with E-state index in [1.807, 2.05) is 0 Å². The summed E-state index contributed by atoms with van der Waals surface area (Å²) in [6.45, 7) is 3.20. The Hall–Kier alpha value is -2.18. The number of ketones is 1. The maximum atomic E-state index is 11.5. The first-order chi connectivity index (χ1) is 9.15. The monoisotopic (exact) mass is 261 g/mol. The second-order valence-electron chi connectivity index (χ2n) is 4.90. The van der Waals surface area contributed by atoms with Crippen molar-refractivity contribution in [3.63, 3.8) is 0 Å². The van der Waals surface area contributed by atoms with Gasteiger partial charge in [0.05, 0.1) is 0 Å². The Bertz CT molecular complexity index is 674. The molecule has 0 amide bonds. The first-order valence-electron chi connectivity index (χ1n) is 6.33. The number of piperidine rings is 1. The van der Waals surface area contributed by atoms with Crippen LogP contribution in [-0.4, -0.2) is 38.5 Å². The number of aromatic amines is 1. The van der Waals surface area contributed by atoms with Gasteiger partial charge in [-0.1, -0.05) is 0 Å². The molecular weight excluding hydrogens is 246 g/mol. The standard InChI is InChI=1S/C12H15N5O2/c1-8(18)9-3-2-4-16(6-9)10-5-11-14-15-12(19)17(11)7-13-10/h5,7,9H,2-4,6H2,1H3,(H,15,19). The van der Waals surface area contributed by atoms with Crippen LogP contribution in [0.3, 0.4) is 0 Å². The Labute approximate surface area is 109 Å². The lowest BCUT2D eigenvalue weighted by Gasteiger charge is -2.32. The number of fused-ring (bicyclic) bond motifs is 1. The molecule has 1 aliphatic heterocycles. The van der Waals surface area contributed by atoms with Gasteiger partial charge in [-0.3, -0.25) is 4.79 Å². The molecule has 3 heterocycles. The number of hydrogen-bond donors (Lipinski definition) is 1. The zero-order valence-electron chi connectivity index (χ0n) is 10.7. The fraction of sp³-hybridized carbons (Fsp3) is 0.500. The number of H-pyrrole nitrogens is 1. The summed E-state index contributed by atoms with van der Waals surface area (Å²) in [4.78, 5) is 29.2. The average Bonchev–Trinajstić information content (AvgIpc) is 2.80. The summed E-state index contributed by atoms with van der Waals surface area (Å²) < 4.78 is 1.36. The lowest BCUT2D eigenvalue weighted by atomic mass is 9.95. The van der Waals surface area contributed by atoms with E-state index >= 15 is 0 Å². The highest BCUT2D eigenvalue weighted by molar-refractivity contribution is 5.79. The number of Topliss-reactive ketones (excluding diaryl/α,β-unsaturated/α-hetero) is 1. The van der Waals surface area contributed by atoms with Gasteiger partial charge in [-0.25, -0.2) is 19.3 Å². The second-order valence-corrected chi connectivity index (χ2v) is 4.90. The van der Waals surface area contributed by atoms with Crippen LogP contribution < -0.4 is 10.6 Å². The molecule has 7 heteroatoms. The molecule has 7 nitrogen and oxygen atoms in total.